The lowest BCUT2D eigenvalue weighted by molar-refractivity contribution is -0.254. The van der Waals surface area contributed by atoms with Crippen molar-refractivity contribution in [2.24, 2.45) is 0 Å². The third kappa shape index (κ3) is 7.76. The van der Waals surface area contributed by atoms with E-state index in [4.69, 9.17) is 33.2 Å². The molecule has 0 aromatic heterocycles. The molecule has 0 aliphatic carbocycles. The van der Waals surface area contributed by atoms with Crippen LogP contribution in [0.4, 0.5) is 0 Å². The Labute approximate surface area is 245 Å². The number of hydrogen-bond donors (Lipinski definition) is 0. The third-order valence-electron chi connectivity index (χ3n) is 6.39. The standard InChI is InChI=1S/C29H31BrO11/c1-15(31)37-14-25-27(38-16(2)32)29(40-18(4)34)28(39-17(3)33)26(41-25)20-6-7-22(30)21(13-20)11-19-5-8-23-24(12-19)36-10-9-35-23/h5-8,12-13,25-29H,9-11,14H2,1-4H3/t25-,26+,27?,28+,29+/m1/s1. The summed E-state index contributed by atoms with van der Waals surface area (Å²) in [5.41, 5.74) is 2.44. The molecule has 2 aliphatic rings. The average Bonchev–Trinajstić information content (AvgIpc) is 2.90. The number of rotatable bonds is 8. The van der Waals surface area contributed by atoms with Gasteiger partial charge in [0.15, 0.2) is 29.8 Å². The molecule has 0 bridgehead atoms. The topological polar surface area (TPSA) is 133 Å². The van der Waals surface area contributed by atoms with Crippen LogP contribution < -0.4 is 9.47 Å². The Morgan fingerprint density at radius 2 is 1.41 bits per heavy atom. The lowest BCUT2D eigenvalue weighted by Crippen LogP contribution is -2.59. The molecule has 2 aliphatic heterocycles. The van der Waals surface area contributed by atoms with Gasteiger partial charge in [0, 0.05) is 32.2 Å². The van der Waals surface area contributed by atoms with Crippen molar-refractivity contribution < 1.29 is 52.3 Å². The van der Waals surface area contributed by atoms with Gasteiger partial charge in [0.1, 0.15) is 32.0 Å². The maximum absolute atomic E-state index is 12.2. The zero-order valence-electron chi connectivity index (χ0n) is 23.0. The highest BCUT2D eigenvalue weighted by atomic mass is 79.9. The molecule has 1 unspecified atom stereocenters. The van der Waals surface area contributed by atoms with Crippen molar-refractivity contribution in [1.29, 1.82) is 0 Å². The van der Waals surface area contributed by atoms with Crippen LogP contribution in [-0.4, -0.2) is 68.1 Å². The Bertz CT molecular complexity index is 1310. The van der Waals surface area contributed by atoms with Gasteiger partial charge in [-0.2, -0.15) is 0 Å². The first-order valence-electron chi connectivity index (χ1n) is 13.0. The van der Waals surface area contributed by atoms with Crippen molar-refractivity contribution >= 4 is 39.8 Å². The first-order chi connectivity index (χ1) is 19.5. The van der Waals surface area contributed by atoms with Gasteiger partial charge in [0.25, 0.3) is 0 Å². The molecule has 1 fully saturated rings. The summed E-state index contributed by atoms with van der Waals surface area (Å²) >= 11 is 3.61. The number of carbonyl (C=O) groups excluding carboxylic acids is 4. The summed E-state index contributed by atoms with van der Waals surface area (Å²) < 4.78 is 40.3. The molecule has 0 saturated carbocycles. The lowest BCUT2D eigenvalue weighted by atomic mass is 9.89. The highest BCUT2D eigenvalue weighted by Gasteiger charge is 2.52. The van der Waals surface area contributed by atoms with E-state index < -0.39 is 54.4 Å². The summed E-state index contributed by atoms with van der Waals surface area (Å²) in [6.07, 6.45) is -5.14. The van der Waals surface area contributed by atoms with E-state index >= 15 is 0 Å². The minimum atomic E-state index is -1.25. The monoisotopic (exact) mass is 634 g/mol. The minimum absolute atomic E-state index is 0.297. The molecule has 2 heterocycles. The van der Waals surface area contributed by atoms with Crippen molar-refractivity contribution in [1.82, 2.24) is 0 Å². The molecule has 11 nitrogen and oxygen atoms in total. The summed E-state index contributed by atoms with van der Waals surface area (Å²) in [6, 6.07) is 11.2. The molecule has 2 aromatic rings. The molecule has 5 atom stereocenters. The maximum atomic E-state index is 12.2. The fourth-order valence-electron chi connectivity index (χ4n) is 4.82. The quantitative estimate of drug-likeness (QED) is 0.311. The van der Waals surface area contributed by atoms with Crippen LogP contribution in [0, 0.1) is 0 Å². The van der Waals surface area contributed by atoms with Crippen LogP contribution in [0.2, 0.25) is 0 Å². The fourth-order valence-corrected chi connectivity index (χ4v) is 5.21. The third-order valence-corrected chi connectivity index (χ3v) is 7.16. The second-order valence-electron chi connectivity index (χ2n) is 9.63. The normalized spacial score (nSPS) is 23.2. The van der Waals surface area contributed by atoms with Gasteiger partial charge < -0.3 is 33.2 Å². The van der Waals surface area contributed by atoms with Crippen LogP contribution in [0.25, 0.3) is 0 Å². The summed E-state index contributed by atoms with van der Waals surface area (Å²) in [5.74, 6) is -1.26. The van der Waals surface area contributed by atoms with Crippen LogP contribution in [-0.2, 0) is 49.3 Å². The van der Waals surface area contributed by atoms with Crippen molar-refractivity contribution in [2.45, 2.75) is 64.6 Å². The van der Waals surface area contributed by atoms with Gasteiger partial charge in [-0.15, -0.1) is 0 Å². The second kappa shape index (κ2) is 13.3. The van der Waals surface area contributed by atoms with Crippen molar-refractivity contribution in [3.8, 4) is 11.5 Å². The second-order valence-corrected chi connectivity index (χ2v) is 10.5. The van der Waals surface area contributed by atoms with Gasteiger partial charge in [-0.1, -0.05) is 34.1 Å². The number of carbonyl (C=O) groups is 4. The molecule has 12 heteroatoms. The van der Waals surface area contributed by atoms with E-state index in [0.29, 0.717) is 36.7 Å². The first kappa shape index (κ1) is 30.3. The minimum Gasteiger partial charge on any atom is -0.486 e. The van der Waals surface area contributed by atoms with Crippen molar-refractivity contribution in [3.05, 3.63) is 57.6 Å². The molecule has 0 amide bonds. The summed E-state index contributed by atoms with van der Waals surface area (Å²) in [6.45, 7) is 5.48. The average molecular weight is 635 g/mol. The van der Waals surface area contributed by atoms with E-state index in [2.05, 4.69) is 15.9 Å². The van der Waals surface area contributed by atoms with Crippen LogP contribution in [0.15, 0.2) is 40.9 Å². The molecule has 0 spiro atoms. The van der Waals surface area contributed by atoms with Gasteiger partial charge in [-0.3, -0.25) is 19.2 Å². The Kier molecular flexibility index (Phi) is 9.87. The van der Waals surface area contributed by atoms with E-state index in [9.17, 15) is 19.2 Å². The van der Waals surface area contributed by atoms with E-state index in [1.807, 2.05) is 30.3 Å². The first-order valence-corrected chi connectivity index (χ1v) is 13.8. The number of esters is 4. The Morgan fingerprint density at radius 3 is 2.07 bits per heavy atom. The molecule has 41 heavy (non-hydrogen) atoms. The maximum Gasteiger partial charge on any atom is 0.303 e. The van der Waals surface area contributed by atoms with Crippen LogP contribution in [0.5, 0.6) is 11.5 Å². The van der Waals surface area contributed by atoms with Gasteiger partial charge in [0.2, 0.25) is 0 Å². The number of halogens is 1. The molecule has 2 aromatic carbocycles. The van der Waals surface area contributed by atoms with Crippen molar-refractivity contribution in [3.63, 3.8) is 0 Å². The Balaban J connectivity index is 1.72. The SMILES string of the molecule is CC(=O)OC[C@H]1O[C@@H](c2ccc(Br)c(Cc3ccc4c(c3)OCCO4)c2)[C@H](OC(C)=O)[C@@H](OC(C)=O)C1OC(C)=O. The molecule has 4 rings (SSSR count). The summed E-state index contributed by atoms with van der Waals surface area (Å²) in [7, 11) is 0. The van der Waals surface area contributed by atoms with E-state index in [1.54, 1.807) is 6.07 Å². The van der Waals surface area contributed by atoms with Gasteiger partial charge in [-0.25, -0.2) is 0 Å². The van der Waals surface area contributed by atoms with E-state index in [-0.39, 0.29) is 6.61 Å². The summed E-state index contributed by atoms with van der Waals surface area (Å²) in [5, 5.41) is 0. The predicted molar refractivity (Wildman–Crippen MR) is 145 cm³/mol. The predicted octanol–water partition coefficient (Wildman–Crippen LogP) is 3.61. The zero-order chi connectivity index (χ0) is 29.7. The van der Waals surface area contributed by atoms with Gasteiger partial charge in [0.05, 0.1) is 0 Å². The fraction of sp³-hybridized carbons (Fsp3) is 0.448. The van der Waals surface area contributed by atoms with E-state index in [0.717, 1.165) is 15.6 Å². The summed E-state index contributed by atoms with van der Waals surface area (Å²) in [4.78, 5) is 48.0. The highest BCUT2D eigenvalue weighted by molar-refractivity contribution is 9.10. The number of hydrogen-bond acceptors (Lipinski definition) is 11. The number of fused-ring (bicyclic) bond motifs is 1. The van der Waals surface area contributed by atoms with Crippen LogP contribution in [0.1, 0.15) is 50.5 Å². The van der Waals surface area contributed by atoms with Crippen LogP contribution >= 0.6 is 15.9 Å². The van der Waals surface area contributed by atoms with Crippen molar-refractivity contribution in [2.75, 3.05) is 19.8 Å². The molecular formula is C29H31BrO11. The van der Waals surface area contributed by atoms with Gasteiger partial charge >= 0.3 is 23.9 Å². The highest BCUT2D eigenvalue weighted by Crippen LogP contribution is 2.39. The Hall–Kier alpha value is -3.64. The van der Waals surface area contributed by atoms with E-state index in [1.165, 1.54) is 27.7 Å². The lowest BCUT2D eigenvalue weighted by Gasteiger charge is -2.44. The molecule has 220 valence electrons. The molecule has 0 radical (unpaired) electrons. The zero-order valence-corrected chi connectivity index (χ0v) is 24.6. The smallest absolute Gasteiger partial charge is 0.303 e. The van der Waals surface area contributed by atoms with Crippen LogP contribution in [0.3, 0.4) is 0 Å². The largest absolute Gasteiger partial charge is 0.486 e. The molecule has 0 N–H and O–H groups in total. The van der Waals surface area contributed by atoms with Gasteiger partial charge in [-0.05, 0) is 41.3 Å². The molecule has 1 saturated heterocycles. The number of ether oxygens (including phenoxy) is 7. The number of benzene rings is 2. The molecular weight excluding hydrogens is 604 g/mol. The Morgan fingerprint density at radius 1 is 0.780 bits per heavy atom.